The van der Waals surface area contributed by atoms with Crippen molar-refractivity contribution in [1.82, 2.24) is 9.79 Å². The van der Waals surface area contributed by atoms with Gasteiger partial charge in [0.2, 0.25) is 0 Å². The van der Waals surface area contributed by atoms with Gasteiger partial charge in [0.15, 0.2) is 0 Å². The Hall–Kier alpha value is -1.87. The molecular weight excluding hydrogens is 360 g/mol. The highest BCUT2D eigenvalue weighted by atomic mass is 32.2. The molecule has 0 spiro atoms. The van der Waals surface area contributed by atoms with Gasteiger partial charge in [-0.1, -0.05) is 22.7 Å². The van der Waals surface area contributed by atoms with E-state index in [-0.39, 0.29) is 10.8 Å². The first-order valence-electron chi connectivity index (χ1n) is 7.54. The van der Waals surface area contributed by atoms with Crippen LogP contribution in [0.25, 0.3) is 0 Å². The summed E-state index contributed by atoms with van der Waals surface area (Å²) in [6.07, 6.45) is 0. The first kappa shape index (κ1) is 19.5. The Morgan fingerprint density at radius 2 is 1.76 bits per heavy atom. The lowest BCUT2D eigenvalue weighted by Gasteiger charge is -2.14. The van der Waals surface area contributed by atoms with Gasteiger partial charge in [0.1, 0.15) is 0 Å². The van der Waals surface area contributed by atoms with Crippen LogP contribution >= 0.6 is 11.8 Å². The first-order chi connectivity index (χ1) is 11.9. The fourth-order valence-electron chi connectivity index (χ4n) is 1.98. The Kier molecular flexibility index (Phi) is 7.01. The van der Waals surface area contributed by atoms with Crippen LogP contribution in [0.15, 0.2) is 64.4 Å². The summed E-state index contributed by atoms with van der Waals surface area (Å²) in [4.78, 5) is 18.0. The van der Waals surface area contributed by atoms with E-state index in [0.29, 0.717) is 12.1 Å². The molecule has 0 bridgehead atoms. The number of sulfonamides is 1. The van der Waals surface area contributed by atoms with E-state index in [1.165, 1.54) is 38.4 Å². The van der Waals surface area contributed by atoms with Crippen molar-refractivity contribution in [2.45, 2.75) is 9.79 Å². The van der Waals surface area contributed by atoms with Crippen LogP contribution in [0, 0.1) is 0 Å². The van der Waals surface area contributed by atoms with Crippen LogP contribution in [0.2, 0.25) is 0 Å². The number of rotatable bonds is 8. The Balaban J connectivity index is 1.88. The van der Waals surface area contributed by atoms with Crippen LogP contribution in [0.3, 0.4) is 0 Å². The minimum absolute atomic E-state index is 0.0630. The summed E-state index contributed by atoms with van der Waals surface area (Å²) in [5.74, 6) is 0.513. The molecule has 25 heavy (non-hydrogen) atoms. The quantitative estimate of drug-likeness (QED) is 0.432. The summed E-state index contributed by atoms with van der Waals surface area (Å²) >= 11 is 1.66. The van der Waals surface area contributed by atoms with E-state index in [2.05, 4.69) is 5.32 Å². The summed E-state index contributed by atoms with van der Waals surface area (Å²) in [6.45, 7) is 0.519. The number of amides is 1. The van der Waals surface area contributed by atoms with Crippen molar-refractivity contribution in [1.29, 1.82) is 0 Å². The summed E-state index contributed by atoms with van der Waals surface area (Å²) in [7, 11) is -1.13. The van der Waals surface area contributed by atoms with E-state index in [1.807, 2.05) is 30.3 Å². The van der Waals surface area contributed by atoms with Crippen molar-refractivity contribution in [3.8, 4) is 0 Å². The van der Waals surface area contributed by atoms with Crippen molar-refractivity contribution in [2.24, 2.45) is 0 Å². The van der Waals surface area contributed by atoms with Crippen molar-refractivity contribution in [3.63, 3.8) is 0 Å². The largest absolute Gasteiger partial charge is 0.351 e. The number of carbonyl (C=O) groups excluding carboxylic acids is 1. The molecule has 6 nitrogen and oxygen atoms in total. The molecule has 0 aliphatic carbocycles. The number of nitrogens with one attached hydrogen (secondary N) is 1. The number of hydrogen-bond donors (Lipinski definition) is 1. The van der Waals surface area contributed by atoms with Gasteiger partial charge >= 0.3 is 0 Å². The highest BCUT2D eigenvalue weighted by Crippen LogP contribution is 2.17. The van der Waals surface area contributed by atoms with Crippen LogP contribution < -0.4 is 5.32 Å². The van der Waals surface area contributed by atoms with Gasteiger partial charge in [-0.15, -0.1) is 11.8 Å². The standard InChI is InChI=1S/C17H20N2O4S2/c1-19(23-2)25(21,22)16-10-8-14(9-11-16)17(20)18-12-13-24-15-6-4-3-5-7-15/h3-11H,12-13H2,1-2H3,(H,18,20). The molecule has 0 aromatic heterocycles. The van der Waals surface area contributed by atoms with Crippen LogP contribution in [0.5, 0.6) is 0 Å². The lowest BCUT2D eigenvalue weighted by atomic mass is 10.2. The molecule has 0 atom stereocenters. The highest BCUT2D eigenvalue weighted by molar-refractivity contribution is 7.99. The molecule has 1 N–H and O–H groups in total. The van der Waals surface area contributed by atoms with Crippen molar-refractivity contribution < 1.29 is 18.0 Å². The molecule has 0 aliphatic rings. The third-order valence-electron chi connectivity index (χ3n) is 3.41. The third-order valence-corrected chi connectivity index (χ3v) is 6.12. The van der Waals surface area contributed by atoms with E-state index in [1.54, 1.807) is 11.8 Å². The summed E-state index contributed by atoms with van der Waals surface area (Å²) in [5.41, 5.74) is 0.406. The molecule has 0 saturated carbocycles. The Morgan fingerprint density at radius 1 is 1.12 bits per heavy atom. The number of carbonyl (C=O) groups is 1. The molecule has 2 aromatic rings. The lowest BCUT2D eigenvalue weighted by molar-refractivity contribution is -0.0258. The normalized spacial score (nSPS) is 11.5. The van der Waals surface area contributed by atoms with E-state index < -0.39 is 10.0 Å². The zero-order chi connectivity index (χ0) is 18.3. The number of hydroxylamine groups is 1. The van der Waals surface area contributed by atoms with Gasteiger partial charge in [0.25, 0.3) is 15.9 Å². The molecule has 0 unspecified atom stereocenters. The maximum Gasteiger partial charge on any atom is 0.264 e. The van der Waals surface area contributed by atoms with Gasteiger partial charge < -0.3 is 5.32 Å². The molecule has 134 valence electrons. The van der Waals surface area contributed by atoms with E-state index in [0.717, 1.165) is 15.1 Å². The van der Waals surface area contributed by atoms with Crippen molar-refractivity contribution in [2.75, 3.05) is 26.5 Å². The van der Waals surface area contributed by atoms with Crippen LogP contribution in [-0.2, 0) is 14.9 Å². The van der Waals surface area contributed by atoms with E-state index >= 15 is 0 Å². The van der Waals surface area contributed by atoms with Gasteiger partial charge in [-0.2, -0.15) is 0 Å². The zero-order valence-electron chi connectivity index (χ0n) is 14.0. The molecule has 0 aliphatic heterocycles. The Labute approximate surface area is 152 Å². The van der Waals surface area contributed by atoms with Gasteiger partial charge in [-0.25, -0.2) is 8.42 Å². The van der Waals surface area contributed by atoms with E-state index in [9.17, 15) is 13.2 Å². The topological polar surface area (TPSA) is 75.7 Å². The second-order valence-corrected chi connectivity index (χ2v) is 8.14. The summed E-state index contributed by atoms with van der Waals surface area (Å²) < 4.78 is 24.9. The fourth-order valence-corrected chi connectivity index (χ4v) is 3.74. The van der Waals surface area contributed by atoms with Gasteiger partial charge in [0.05, 0.1) is 12.0 Å². The minimum atomic E-state index is -3.71. The predicted molar refractivity (Wildman–Crippen MR) is 97.9 cm³/mol. The van der Waals surface area contributed by atoms with E-state index in [4.69, 9.17) is 4.84 Å². The lowest BCUT2D eigenvalue weighted by Crippen LogP contribution is -2.27. The highest BCUT2D eigenvalue weighted by Gasteiger charge is 2.20. The minimum Gasteiger partial charge on any atom is -0.351 e. The molecule has 8 heteroatoms. The van der Waals surface area contributed by atoms with Crippen molar-refractivity contribution >= 4 is 27.7 Å². The average Bonchev–Trinajstić information content (AvgIpc) is 2.65. The van der Waals surface area contributed by atoms with Crippen LogP contribution in [0.4, 0.5) is 0 Å². The number of hydrogen-bond acceptors (Lipinski definition) is 5. The molecule has 0 heterocycles. The predicted octanol–water partition coefficient (Wildman–Crippen LogP) is 2.39. The Morgan fingerprint density at radius 3 is 2.36 bits per heavy atom. The van der Waals surface area contributed by atoms with Crippen LogP contribution in [0.1, 0.15) is 10.4 Å². The second-order valence-electron chi connectivity index (χ2n) is 5.04. The molecule has 1 amide bonds. The maximum absolute atomic E-state index is 12.1. The molecule has 0 fully saturated rings. The molecular formula is C17H20N2O4S2. The molecule has 0 radical (unpaired) electrons. The smallest absolute Gasteiger partial charge is 0.264 e. The zero-order valence-corrected chi connectivity index (χ0v) is 15.6. The molecule has 2 aromatic carbocycles. The monoisotopic (exact) mass is 380 g/mol. The Bertz CT molecular complexity index is 793. The average molecular weight is 380 g/mol. The second kappa shape index (κ2) is 9.00. The fraction of sp³-hybridized carbons (Fsp3) is 0.235. The molecule has 0 saturated heterocycles. The van der Waals surface area contributed by atoms with Gasteiger partial charge in [-0.05, 0) is 36.4 Å². The van der Waals surface area contributed by atoms with Crippen LogP contribution in [-0.4, -0.2) is 45.2 Å². The maximum atomic E-state index is 12.1. The summed E-state index contributed by atoms with van der Waals surface area (Å²) in [6, 6.07) is 15.7. The van der Waals surface area contributed by atoms with Crippen molar-refractivity contribution in [3.05, 3.63) is 60.2 Å². The number of thioether (sulfide) groups is 1. The van der Waals surface area contributed by atoms with Gasteiger partial charge in [0, 0.05) is 29.8 Å². The molecule has 2 rings (SSSR count). The third kappa shape index (κ3) is 5.30. The summed E-state index contributed by atoms with van der Waals surface area (Å²) in [5, 5.41) is 2.82. The van der Waals surface area contributed by atoms with Gasteiger partial charge in [-0.3, -0.25) is 9.63 Å². The number of benzene rings is 2. The first-order valence-corrected chi connectivity index (χ1v) is 9.97. The SMILES string of the molecule is CON(C)S(=O)(=O)c1ccc(C(=O)NCCSc2ccccc2)cc1. The number of nitrogens with zero attached hydrogens (tertiary/aromatic N) is 1.